The summed E-state index contributed by atoms with van der Waals surface area (Å²) in [7, 11) is 0. The van der Waals surface area contributed by atoms with E-state index >= 15 is 0 Å². The molecule has 0 atom stereocenters. The summed E-state index contributed by atoms with van der Waals surface area (Å²) < 4.78 is 0. The zero-order valence-corrected chi connectivity index (χ0v) is 12.4. The molecular weight excluding hydrogens is 276 g/mol. The molecule has 1 heterocycles. The fraction of sp³-hybridized carbons (Fsp3) is 0.0556. The number of aryl methyl sites for hydroxylation is 1. The van der Waals surface area contributed by atoms with E-state index < -0.39 is 0 Å². The van der Waals surface area contributed by atoms with E-state index in [2.05, 4.69) is 30.4 Å². The van der Waals surface area contributed by atoms with Crippen LogP contribution in [0.15, 0.2) is 60.0 Å². The molecule has 0 aliphatic rings. The first kappa shape index (κ1) is 13.4. The maximum Gasteiger partial charge on any atom is 0.111 e. The lowest BCUT2D eigenvalue weighted by Crippen LogP contribution is -1.90. The zero-order chi connectivity index (χ0) is 14.7. The van der Waals surface area contributed by atoms with Gasteiger partial charge in [0.2, 0.25) is 0 Å². The molecule has 3 aromatic rings. The summed E-state index contributed by atoms with van der Waals surface area (Å²) in [6.07, 6.45) is 0. The van der Waals surface area contributed by atoms with Crippen molar-refractivity contribution in [1.29, 1.82) is 5.26 Å². The molecule has 1 N–H and O–H groups in total. The third kappa shape index (κ3) is 2.81. The van der Waals surface area contributed by atoms with Crippen LogP contribution in [0.2, 0.25) is 0 Å². The molecule has 0 saturated carbocycles. The molecule has 0 spiro atoms. The molecule has 2 aromatic carbocycles. The van der Waals surface area contributed by atoms with Crippen LogP contribution < -0.4 is 5.32 Å². The minimum Gasteiger partial charge on any atom is -0.346 e. The summed E-state index contributed by atoms with van der Waals surface area (Å²) in [6.45, 7) is 2.06. The van der Waals surface area contributed by atoms with Crippen LogP contribution in [0.3, 0.4) is 0 Å². The Morgan fingerprint density at radius 3 is 2.38 bits per heavy atom. The van der Waals surface area contributed by atoms with Crippen molar-refractivity contribution >= 4 is 22.0 Å². The first-order chi connectivity index (χ1) is 10.3. The van der Waals surface area contributed by atoms with Crippen LogP contribution in [-0.4, -0.2) is 0 Å². The highest BCUT2D eigenvalue weighted by atomic mass is 32.1. The van der Waals surface area contributed by atoms with Crippen LogP contribution in [0.1, 0.15) is 11.1 Å². The van der Waals surface area contributed by atoms with Crippen molar-refractivity contribution in [3.8, 4) is 17.2 Å². The summed E-state index contributed by atoms with van der Waals surface area (Å²) >= 11 is 1.56. The van der Waals surface area contributed by atoms with E-state index in [1.165, 1.54) is 5.56 Å². The summed E-state index contributed by atoms with van der Waals surface area (Å²) in [6, 6.07) is 20.5. The summed E-state index contributed by atoms with van der Waals surface area (Å²) in [5.74, 6) is 0. The summed E-state index contributed by atoms with van der Waals surface area (Å²) in [5, 5.41) is 15.7. The SMILES string of the molecule is Cc1ccc(Nc2scc(-c3ccccc3)c2C#N)cc1. The number of nitriles is 1. The largest absolute Gasteiger partial charge is 0.346 e. The Labute approximate surface area is 128 Å². The van der Waals surface area contributed by atoms with E-state index in [1.54, 1.807) is 11.3 Å². The van der Waals surface area contributed by atoms with Gasteiger partial charge in [-0.25, -0.2) is 0 Å². The second kappa shape index (κ2) is 5.82. The van der Waals surface area contributed by atoms with E-state index in [0.717, 1.165) is 21.8 Å². The smallest absolute Gasteiger partial charge is 0.111 e. The number of benzene rings is 2. The molecule has 0 aliphatic carbocycles. The average molecular weight is 290 g/mol. The molecule has 21 heavy (non-hydrogen) atoms. The van der Waals surface area contributed by atoms with Crippen LogP contribution in [0.4, 0.5) is 10.7 Å². The Balaban J connectivity index is 1.96. The van der Waals surface area contributed by atoms with Crippen LogP contribution in [0.5, 0.6) is 0 Å². The molecule has 1 aromatic heterocycles. The predicted octanol–water partition coefficient (Wildman–Crippen LogP) is 5.34. The van der Waals surface area contributed by atoms with Gasteiger partial charge in [0.25, 0.3) is 0 Å². The summed E-state index contributed by atoms with van der Waals surface area (Å²) in [4.78, 5) is 0. The van der Waals surface area contributed by atoms with E-state index in [0.29, 0.717) is 5.56 Å². The normalized spacial score (nSPS) is 10.1. The van der Waals surface area contributed by atoms with Gasteiger partial charge in [-0.1, -0.05) is 48.0 Å². The topological polar surface area (TPSA) is 35.8 Å². The Kier molecular flexibility index (Phi) is 3.72. The maximum atomic E-state index is 9.49. The minimum atomic E-state index is 0.701. The van der Waals surface area contributed by atoms with E-state index in [-0.39, 0.29) is 0 Å². The van der Waals surface area contributed by atoms with Gasteiger partial charge in [0.05, 0.1) is 5.56 Å². The van der Waals surface area contributed by atoms with Crippen molar-refractivity contribution in [1.82, 2.24) is 0 Å². The van der Waals surface area contributed by atoms with Crippen molar-refractivity contribution in [3.05, 3.63) is 71.1 Å². The Morgan fingerprint density at radius 1 is 1.00 bits per heavy atom. The highest BCUT2D eigenvalue weighted by Gasteiger charge is 2.13. The molecule has 0 saturated heterocycles. The molecule has 3 rings (SSSR count). The Bertz CT molecular complexity index is 780. The van der Waals surface area contributed by atoms with Gasteiger partial charge >= 0.3 is 0 Å². The highest BCUT2D eigenvalue weighted by Crippen LogP contribution is 2.36. The van der Waals surface area contributed by atoms with Crippen LogP contribution in [0.25, 0.3) is 11.1 Å². The van der Waals surface area contributed by atoms with Gasteiger partial charge in [0.1, 0.15) is 11.1 Å². The standard InChI is InChI=1S/C18H14N2S/c1-13-7-9-15(10-8-13)20-18-16(11-19)17(12-21-18)14-5-3-2-4-6-14/h2-10,12,20H,1H3. The maximum absolute atomic E-state index is 9.49. The number of nitrogens with zero attached hydrogens (tertiary/aromatic N) is 1. The molecule has 0 unspecified atom stereocenters. The molecule has 102 valence electrons. The molecule has 2 nitrogen and oxygen atoms in total. The van der Waals surface area contributed by atoms with E-state index in [1.807, 2.05) is 47.8 Å². The zero-order valence-electron chi connectivity index (χ0n) is 11.6. The second-order valence-electron chi connectivity index (χ2n) is 4.82. The van der Waals surface area contributed by atoms with Gasteiger partial charge in [-0.2, -0.15) is 5.26 Å². The van der Waals surface area contributed by atoms with Crippen molar-refractivity contribution < 1.29 is 0 Å². The van der Waals surface area contributed by atoms with Crippen LogP contribution in [-0.2, 0) is 0 Å². The predicted molar refractivity (Wildman–Crippen MR) is 88.9 cm³/mol. The first-order valence-electron chi connectivity index (χ1n) is 6.68. The minimum absolute atomic E-state index is 0.701. The van der Waals surface area contributed by atoms with Gasteiger partial charge in [-0.3, -0.25) is 0 Å². The highest BCUT2D eigenvalue weighted by molar-refractivity contribution is 7.15. The average Bonchev–Trinajstić information content (AvgIpc) is 2.93. The second-order valence-corrected chi connectivity index (χ2v) is 5.70. The van der Waals surface area contributed by atoms with Crippen molar-refractivity contribution in [2.45, 2.75) is 6.92 Å². The molecule has 0 amide bonds. The van der Waals surface area contributed by atoms with Crippen LogP contribution in [0, 0.1) is 18.3 Å². The fourth-order valence-electron chi connectivity index (χ4n) is 2.16. The molecule has 3 heteroatoms. The molecule has 0 fully saturated rings. The van der Waals surface area contributed by atoms with Crippen molar-refractivity contribution in [3.63, 3.8) is 0 Å². The van der Waals surface area contributed by atoms with E-state index in [4.69, 9.17) is 0 Å². The molecule has 0 radical (unpaired) electrons. The van der Waals surface area contributed by atoms with Gasteiger partial charge in [0, 0.05) is 16.6 Å². The van der Waals surface area contributed by atoms with E-state index in [9.17, 15) is 5.26 Å². The van der Waals surface area contributed by atoms with Gasteiger partial charge in [-0.05, 0) is 24.6 Å². The monoisotopic (exact) mass is 290 g/mol. The third-order valence-corrected chi connectivity index (χ3v) is 4.19. The number of nitrogens with one attached hydrogen (secondary N) is 1. The number of hydrogen-bond donors (Lipinski definition) is 1. The van der Waals surface area contributed by atoms with Crippen molar-refractivity contribution in [2.24, 2.45) is 0 Å². The molecular formula is C18H14N2S. The first-order valence-corrected chi connectivity index (χ1v) is 7.56. The lowest BCUT2D eigenvalue weighted by Gasteiger charge is -2.05. The lowest BCUT2D eigenvalue weighted by molar-refractivity contribution is 1.45. The summed E-state index contributed by atoms with van der Waals surface area (Å²) in [5.41, 5.74) is 4.97. The van der Waals surface area contributed by atoms with Crippen LogP contribution >= 0.6 is 11.3 Å². The lowest BCUT2D eigenvalue weighted by atomic mass is 10.1. The van der Waals surface area contributed by atoms with Crippen molar-refractivity contribution in [2.75, 3.05) is 5.32 Å². The van der Waals surface area contributed by atoms with Gasteiger partial charge < -0.3 is 5.32 Å². The number of rotatable bonds is 3. The van der Waals surface area contributed by atoms with Gasteiger partial charge in [-0.15, -0.1) is 11.3 Å². The number of thiophene rings is 1. The Morgan fingerprint density at radius 2 is 1.71 bits per heavy atom. The number of hydrogen-bond acceptors (Lipinski definition) is 3. The van der Waals surface area contributed by atoms with Gasteiger partial charge in [0.15, 0.2) is 0 Å². The number of anilines is 2. The quantitative estimate of drug-likeness (QED) is 0.706. The third-order valence-electron chi connectivity index (χ3n) is 3.30. The Hall–Kier alpha value is -2.57. The fourth-order valence-corrected chi connectivity index (χ4v) is 3.10. The molecule has 0 aliphatic heterocycles. The molecule has 0 bridgehead atoms.